The maximum absolute atomic E-state index is 12.9. The van der Waals surface area contributed by atoms with E-state index in [1.807, 2.05) is 43.0 Å². The van der Waals surface area contributed by atoms with Gasteiger partial charge in [-0.25, -0.2) is 0 Å². The van der Waals surface area contributed by atoms with Crippen molar-refractivity contribution in [2.45, 2.75) is 69.5 Å². The van der Waals surface area contributed by atoms with Crippen molar-refractivity contribution in [1.82, 2.24) is 15.1 Å². The molecule has 1 saturated heterocycles. The Kier molecular flexibility index (Phi) is 6.42. The molecule has 7 heteroatoms. The largest absolute Gasteiger partial charge is 0.494 e. The van der Waals surface area contributed by atoms with E-state index in [9.17, 15) is 4.79 Å². The predicted octanol–water partition coefficient (Wildman–Crippen LogP) is 4.41. The smallest absolute Gasteiger partial charge is 0.277 e. The Balaban J connectivity index is 1.65. The second kappa shape index (κ2) is 8.78. The third-order valence-corrected chi connectivity index (χ3v) is 5.81. The van der Waals surface area contributed by atoms with E-state index in [0.29, 0.717) is 17.7 Å². The van der Waals surface area contributed by atoms with Crippen molar-refractivity contribution in [2.24, 2.45) is 0 Å². The highest BCUT2D eigenvalue weighted by molar-refractivity contribution is 8.00. The van der Waals surface area contributed by atoms with Crippen molar-refractivity contribution >= 4 is 17.7 Å². The van der Waals surface area contributed by atoms with Gasteiger partial charge in [-0.3, -0.25) is 4.79 Å². The summed E-state index contributed by atoms with van der Waals surface area (Å²) in [5, 5.41) is 8.37. The quantitative estimate of drug-likeness (QED) is 0.682. The lowest BCUT2D eigenvalue weighted by Crippen LogP contribution is -2.50. The lowest BCUT2D eigenvalue weighted by Gasteiger charge is -2.40. The van der Waals surface area contributed by atoms with Crippen LogP contribution in [0.2, 0.25) is 0 Å². The van der Waals surface area contributed by atoms with Crippen molar-refractivity contribution < 1.29 is 13.9 Å². The number of piperidine rings is 1. The molecule has 0 radical (unpaired) electrons. The molecule has 3 rings (SSSR count). The first kappa shape index (κ1) is 19.7. The Bertz CT molecular complexity index is 752. The summed E-state index contributed by atoms with van der Waals surface area (Å²) in [6, 6.07) is 8.09. The molecule has 27 heavy (non-hydrogen) atoms. The summed E-state index contributed by atoms with van der Waals surface area (Å²) in [6.07, 6.45) is 3.31. The van der Waals surface area contributed by atoms with Gasteiger partial charge >= 0.3 is 0 Å². The number of thioether (sulfide) groups is 1. The van der Waals surface area contributed by atoms with Crippen LogP contribution in [-0.2, 0) is 4.79 Å². The number of nitrogens with zero attached hydrogens (tertiary/aromatic N) is 3. The van der Waals surface area contributed by atoms with E-state index in [2.05, 4.69) is 24.0 Å². The fourth-order valence-electron chi connectivity index (χ4n) is 3.50. The second-order valence-electron chi connectivity index (χ2n) is 6.97. The van der Waals surface area contributed by atoms with Gasteiger partial charge in [0.05, 0.1) is 11.9 Å². The van der Waals surface area contributed by atoms with Crippen molar-refractivity contribution in [2.75, 3.05) is 6.61 Å². The zero-order valence-corrected chi connectivity index (χ0v) is 17.2. The molecule has 1 aromatic heterocycles. The van der Waals surface area contributed by atoms with Gasteiger partial charge in [-0.2, -0.15) is 0 Å². The predicted molar refractivity (Wildman–Crippen MR) is 106 cm³/mol. The van der Waals surface area contributed by atoms with E-state index in [1.54, 1.807) is 0 Å². The van der Waals surface area contributed by atoms with Crippen LogP contribution in [0.25, 0.3) is 11.5 Å². The number of ether oxygens (including phenoxy) is 1. The average Bonchev–Trinajstić information content (AvgIpc) is 3.11. The van der Waals surface area contributed by atoms with Crippen molar-refractivity contribution in [3.05, 3.63) is 24.3 Å². The van der Waals surface area contributed by atoms with Crippen LogP contribution in [0.5, 0.6) is 5.75 Å². The molecule has 6 nitrogen and oxygen atoms in total. The minimum absolute atomic E-state index is 0.139. The van der Waals surface area contributed by atoms with Gasteiger partial charge in [0, 0.05) is 17.6 Å². The number of likely N-dealkylation sites (tertiary alicyclic amines) is 1. The van der Waals surface area contributed by atoms with Crippen molar-refractivity contribution in [1.29, 1.82) is 0 Å². The molecule has 0 bridgehead atoms. The molecule has 0 N–H and O–H groups in total. The Morgan fingerprint density at radius 2 is 1.93 bits per heavy atom. The number of carbonyl (C=O) groups is 1. The number of amides is 1. The lowest BCUT2D eigenvalue weighted by molar-refractivity contribution is -0.136. The van der Waals surface area contributed by atoms with E-state index < -0.39 is 0 Å². The van der Waals surface area contributed by atoms with Crippen LogP contribution < -0.4 is 4.74 Å². The Morgan fingerprint density at radius 3 is 2.56 bits per heavy atom. The summed E-state index contributed by atoms with van der Waals surface area (Å²) < 4.78 is 11.2. The van der Waals surface area contributed by atoms with Crippen LogP contribution in [0.3, 0.4) is 0 Å². The third kappa shape index (κ3) is 4.64. The summed E-state index contributed by atoms with van der Waals surface area (Å²) in [5.74, 6) is 1.39. The summed E-state index contributed by atoms with van der Waals surface area (Å²) in [6.45, 7) is 8.73. The third-order valence-electron chi connectivity index (χ3n) is 4.89. The van der Waals surface area contributed by atoms with Gasteiger partial charge in [0.25, 0.3) is 5.22 Å². The van der Waals surface area contributed by atoms with Gasteiger partial charge in [-0.1, -0.05) is 11.8 Å². The molecule has 1 aliphatic heterocycles. The molecule has 1 aliphatic rings. The molecule has 2 aromatic rings. The van der Waals surface area contributed by atoms with Gasteiger partial charge in [0.2, 0.25) is 11.8 Å². The fourth-order valence-corrected chi connectivity index (χ4v) is 4.24. The highest BCUT2D eigenvalue weighted by Gasteiger charge is 2.32. The molecular weight excluding hydrogens is 362 g/mol. The first-order valence-corrected chi connectivity index (χ1v) is 10.4. The van der Waals surface area contributed by atoms with Gasteiger partial charge in [-0.15, -0.1) is 10.2 Å². The molecule has 1 fully saturated rings. The number of rotatable bonds is 6. The summed E-state index contributed by atoms with van der Waals surface area (Å²) in [4.78, 5) is 14.9. The normalized spacial score (nSPS) is 21.1. The number of hydrogen-bond acceptors (Lipinski definition) is 6. The molecule has 0 unspecified atom stereocenters. The van der Waals surface area contributed by atoms with Gasteiger partial charge < -0.3 is 14.1 Å². The Morgan fingerprint density at radius 1 is 1.26 bits per heavy atom. The number of hydrogen-bond donors (Lipinski definition) is 0. The molecule has 0 aliphatic carbocycles. The molecule has 0 saturated carbocycles. The summed E-state index contributed by atoms with van der Waals surface area (Å²) >= 11 is 1.32. The highest BCUT2D eigenvalue weighted by Crippen LogP contribution is 2.30. The molecule has 0 spiro atoms. The molecule has 3 atom stereocenters. The second-order valence-corrected chi connectivity index (χ2v) is 8.26. The first-order chi connectivity index (χ1) is 13.0. The van der Waals surface area contributed by atoms with Crippen LogP contribution in [0.4, 0.5) is 0 Å². The van der Waals surface area contributed by atoms with Crippen LogP contribution in [0, 0.1) is 0 Å². The number of aromatic nitrogens is 2. The van der Waals surface area contributed by atoms with E-state index in [4.69, 9.17) is 9.15 Å². The Hall–Kier alpha value is -2.02. The van der Waals surface area contributed by atoms with E-state index in [1.165, 1.54) is 18.2 Å². The average molecular weight is 390 g/mol. The zero-order valence-electron chi connectivity index (χ0n) is 16.3. The van der Waals surface area contributed by atoms with E-state index >= 15 is 0 Å². The number of carbonyl (C=O) groups excluding carboxylic acids is 1. The maximum atomic E-state index is 12.9. The minimum atomic E-state index is -0.262. The van der Waals surface area contributed by atoms with Crippen LogP contribution in [0.1, 0.15) is 47.0 Å². The Labute approximate surface area is 164 Å². The zero-order chi connectivity index (χ0) is 19.4. The standard InChI is InChI=1S/C20H27N3O3S/c1-5-25-17-11-9-16(10-12-17)18-21-22-20(26-18)27-15(4)19(24)23-13(2)7-6-8-14(23)3/h9-15H,5-8H2,1-4H3/t13-,14-,15-/m0/s1. The molecular formula is C20H27N3O3S. The maximum Gasteiger partial charge on any atom is 0.277 e. The summed E-state index contributed by atoms with van der Waals surface area (Å²) in [7, 11) is 0. The first-order valence-electron chi connectivity index (χ1n) is 9.55. The van der Waals surface area contributed by atoms with E-state index in [0.717, 1.165) is 24.2 Å². The topological polar surface area (TPSA) is 68.5 Å². The molecule has 1 aromatic carbocycles. The monoisotopic (exact) mass is 389 g/mol. The molecule has 2 heterocycles. The van der Waals surface area contributed by atoms with Crippen LogP contribution >= 0.6 is 11.8 Å². The highest BCUT2D eigenvalue weighted by atomic mass is 32.2. The van der Waals surface area contributed by atoms with Crippen molar-refractivity contribution in [3.63, 3.8) is 0 Å². The number of benzene rings is 1. The van der Waals surface area contributed by atoms with Gasteiger partial charge in [0.15, 0.2) is 0 Å². The summed E-state index contributed by atoms with van der Waals surface area (Å²) in [5.41, 5.74) is 0.829. The van der Waals surface area contributed by atoms with E-state index in [-0.39, 0.29) is 23.2 Å². The van der Waals surface area contributed by atoms with Crippen LogP contribution in [0.15, 0.2) is 33.9 Å². The van der Waals surface area contributed by atoms with Gasteiger partial charge in [-0.05, 0) is 71.2 Å². The molecule has 1 amide bonds. The van der Waals surface area contributed by atoms with Crippen LogP contribution in [-0.4, -0.2) is 44.9 Å². The minimum Gasteiger partial charge on any atom is -0.494 e. The van der Waals surface area contributed by atoms with Gasteiger partial charge in [0.1, 0.15) is 5.75 Å². The lowest BCUT2D eigenvalue weighted by atomic mass is 9.97. The fraction of sp³-hybridized carbons (Fsp3) is 0.550. The van der Waals surface area contributed by atoms with Crippen molar-refractivity contribution in [3.8, 4) is 17.2 Å². The SMILES string of the molecule is CCOc1ccc(-c2nnc(S[C@@H](C)C(=O)N3[C@@H](C)CCC[C@@H]3C)o2)cc1. The molecule has 146 valence electrons.